The molecule has 0 fully saturated rings. The zero-order valence-electron chi connectivity index (χ0n) is 15.0. The molecule has 0 amide bonds. The van der Waals surface area contributed by atoms with Crippen molar-refractivity contribution in [2.75, 3.05) is 0 Å². The summed E-state index contributed by atoms with van der Waals surface area (Å²) in [6, 6.07) is 9.00. The minimum absolute atomic E-state index is 0.123. The molecule has 3 aromatic heterocycles. The average Bonchev–Trinajstić information content (AvgIpc) is 3.40. The highest BCUT2D eigenvalue weighted by atomic mass is 35.5. The molecule has 140 valence electrons. The van der Waals surface area contributed by atoms with E-state index in [9.17, 15) is 0 Å². The molecule has 0 aliphatic carbocycles. The molecule has 0 radical (unpaired) electrons. The Morgan fingerprint density at radius 2 is 1.89 bits per heavy atom. The first-order valence-electron chi connectivity index (χ1n) is 8.42. The van der Waals surface area contributed by atoms with E-state index in [1.165, 1.54) is 11.3 Å². The van der Waals surface area contributed by atoms with Crippen LogP contribution in [0.1, 0.15) is 34.8 Å². The Morgan fingerprint density at radius 1 is 1.11 bits per heavy atom. The van der Waals surface area contributed by atoms with Crippen molar-refractivity contribution in [3.8, 4) is 22.6 Å². The van der Waals surface area contributed by atoms with Crippen LogP contribution in [0.2, 0.25) is 10.0 Å². The Labute approximate surface area is 175 Å². The first kappa shape index (κ1) is 18.8. The standard InChI is InChI=1S/C20H14Cl2N4OS/c1-12-14(8-9-18-23-24-20(28-18)17-7-4-10-27-17)11-26(25-12)13(2)19-15(21)5-3-6-16(19)22/h3-7,10-11,13H,1-2H3. The molecule has 1 unspecified atom stereocenters. The van der Waals surface area contributed by atoms with Gasteiger partial charge in [0, 0.05) is 21.8 Å². The molecule has 0 saturated heterocycles. The molecule has 0 saturated carbocycles. The van der Waals surface area contributed by atoms with Gasteiger partial charge in [-0.05, 0) is 44.0 Å². The molecule has 28 heavy (non-hydrogen) atoms. The number of furan rings is 1. The van der Waals surface area contributed by atoms with Gasteiger partial charge in [0.15, 0.2) is 15.8 Å². The van der Waals surface area contributed by atoms with E-state index in [-0.39, 0.29) is 6.04 Å². The third-order valence-corrected chi connectivity index (χ3v) is 5.70. The van der Waals surface area contributed by atoms with Crippen molar-refractivity contribution < 1.29 is 4.42 Å². The predicted octanol–water partition coefficient (Wildman–Crippen LogP) is 5.62. The lowest BCUT2D eigenvalue weighted by molar-refractivity contribution is 0.561. The molecule has 0 spiro atoms. The fourth-order valence-electron chi connectivity index (χ4n) is 2.74. The number of aromatic nitrogens is 4. The number of hydrogen-bond donors (Lipinski definition) is 0. The second kappa shape index (κ2) is 7.80. The zero-order valence-corrected chi connectivity index (χ0v) is 17.3. The van der Waals surface area contributed by atoms with Crippen molar-refractivity contribution in [2.45, 2.75) is 19.9 Å². The Kier molecular flexibility index (Phi) is 5.23. The molecular formula is C20H14Cl2N4OS. The van der Waals surface area contributed by atoms with Crippen molar-refractivity contribution >= 4 is 34.5 Å². The molecule has 0 N–H and O–H groups in total. The van der Waals surface area contributed by atoms with Crippen LogP contribution in [0.3, 0.4) is 0 Å². The smallest absolute Gasteiger partial charge is 0.191 e. The lowest BCUT2D eigenvalue weighted by atomic mass is 10.1. The summed E-state index contributed by atoms with van der Waals surface area (Å²) in [5.41, 5.74) is 2.46. The fourth-order valence-corrected chi connectivity index (χ4v) is 4.12. The minimum Gasteiger partial charge on any atom is -0.462 e. The SMILES string of the molecule is Cc1nn(C(C)c2c(Cl)cccc2Cl)cc1C#Cc1nnc(-c2ccco2)s1. The Hall–Kier alpha value is -2.59. The van der Waals surface area contributed by atoms with Gasteiger partial charge in [0.1, 0.15) is 0 Å². The van der Waals surface area contributed by atoms with Gasteiger partial charge in [0.05, 0.1) is 23.6 Å². The molecule has 5 nitrogen and oxygen atoms in total. The van der Waals surface area contributed by atoms with Crippen LogP contribution in [0.25, 0.3) is 10.8 Å². The highest BCUT2D eigenvalue weighted by Crippen LogP contribution is 2.32. The number of nitrogens with zero attached hydrogens (tertiary/aromatic N) is 4. The summed E-state index contributed by atoms with van der Waals surface area (Å²) in [7, 11) is 0. The first-order valence-corrected chi connectivity index (χ1v) is 9.99. The number of halogens is 2. The maximum Gasteiger partial charge on any atom is 0.191 e. The number of aryl methyl sites for hydroxylation is 1. The average molecular weight is 429 g/mol. The monoisotopic (exact) mass is 428 g/mol. The molecule has 1 aromatic carbocycles. The maximum absolute atomic E-state index is 6.33. The van der Waals surface area contributed by atoms with Gasteiger partial charge >= 0.3 is 0 Å². The second-order valence-corrected chi connectivity index (χ2v) is 7.85. The van der Waals surface area contributed by atoms with E-state index < -0.39 is 0 Å². The van der Waals surface area contributed by atoms with Crippen LogP contribution < -0.4 is 0 Å². The third kappa shape index (κ3) is 3.69. The van der Waals surface area contributed by atoms with Crippen LogP contribution in [0, 0.1) is 18.8 Å². The number of hydrogen-bond acceptors (Lipinski definition) is 5. The summed E-state index contributed by atoms with van der Waals surface area (Å²) in [6.07, 6.45) is 3.49. The topological polar surface area (TPSA) is 56.7 Å². The Morgan fingerprint density at radius 3 is 2.61 bits per heavy atom. The van der Waals surface area contributed by atoms with Crippen LogP contribution in [0.4, 0.5) is 0 Å². The van der Waals surface area contributed by atoms with Crippen LogP contribution >= 0.6 is 34.5 Å². The van der Waals surface area contributed by atoms with Gasteiger partial charge in [0.25, 0.3) is 0 Å². The quantitative estimate of drug-likeness (QED) is 0.397. The lowest BCUT2D eigenvalue weighted by Gasteiger charge is -2.15. The fraction of sp³-hybridized carbons (Fsp3) is 0.150. The van der Waals surface area contributed by atoms with Crippen molar-refractivity contribution in [1.29, 1.82) is 0 Å². The van der Waals surface area contributed by atoms with E-state index in [0.717, 1.165) is 16.8 Å². The highest BCUT2D eigenvalue weighted by molar-refractivity contribution is 7.15. The van der Waals surface area contributed by atoms with Gasteiger partial charge in [0.2, 0.25) is 0 Å². The molecule has 8 heteroatoms. The normalized spacial score (nSPS) is 11.9. The molecule has 4 rings (SSSR count). The number of benzene rings is 1. The molecule has 1 atom stereocenters. The van der Waals surface area contributed by atoms with Crippen molar-refractivity contribution in [2.24, 2.45) is 0 Å². The van der Waals surface area contributed by atoms with Crippen LogP contribution in [0.15, 0.2) is 47.2 Å². The van der Waals surface area contributed by atoms with E-state index in [2.05, 4.69) is 27.1 Å². The first-order chi connectivity index (χ1) is 13.5. The van der Waals surface area contributed by atoms with Gasteiger partial charge in [-0.1, -0.05) is 46.5 Å². The second-order valence-electron chi connectivity index (χ2n) is 6.06. The van der Waals surface area contributed by atoms with E-state index >= 15 is 0 Å². The van der Waals surface area contributed by atoms with E-state index in [1.54, 1.807) is 6.26 Å². The molecule has 0 bridgehead atoms. The molecule has 0 aliphatic heterocycles. The maximum atomic E-state index is 6.33. The summed E-state index contributed by atoms with van der Waals surface area (Å²) in [5, 5.41) is 15.3. The summed E-state index contributed by atoms with van der Waals surface area (Å²) in [5.74, 6) is 6.85. The molecule has 0 aliphatic rings. The molecule has 4 aromatic rings. The third-order valence-electron chi connectivity index (χ3n) is 4.19. The lowest BCUT2D eigenvalue weighted by Crippen LogP contribution is -2.08. The Bertz CT molecular complexity index is 1160. The van der Waals surface area contributed by atoms with Gasteiger partial charge in [-0.3, -0.25) is 4.68 Å². The van der Waals surface area contributed by atoms with E-state index in [4.69, 9.17) is 27.6 Å². The predicted molar refractivity (Wildman–Crippen MR) is 111 cm³/mol. The summed E-state index contributed by atoms with van der Waals surface area (Å²) >= 11 is 14.0. The van der Waals surface area contributed by atoms with Gasteiger partial charge in [-0.25, -0.2) is 0 Å². The van der Waals surface area contributed by atoms with Gasteiger partial charge in [-0.15, -0.1) is 10.2 Å². The van der Waals surface area contributed by atoms with Crippen molar-refractivity contribution in [3.05, 3.63) is 74.7 Å². The van der Waals surface area contributed by atoms with E-state index in [1.807, 2.05) is 55.1 Å². The molecule has 3 heterocycles. The number of rotatable bonds is 3. The minimum atomic E-state index is -0.123. The van der Waals surface area contributed by atoms with Crippen molar-refractivity contribution in [1.82, 2.24) is 20.0 Å². The van der Waals surface area contributed by atoms with Crippen LogP contribution in [-0.2, 0) is 0 Å². The van der Waals surface area contributed by atoms with Crippen LogP contribution in [-0.4, -0.2) is 20.0 Å². The summed E-state index contributed by atoms with van der Waals surface area (Å²) in [6.45, 7) is 3.91. The molecular weight excluding hydrogens is 415 g/mol. The summed E-state index contributed by atoms with van der Waals surface area (Å²) < 4.78 is 7.15. The van der Waals surface area contributed by atoms with Gasteiger partial charge in [-0.2, -0.15) is 5.10 Å². The highest BCUT2D eigenvalue weighted by Gasteiger charge is 2.17. The van der Waals surface area contributed by atoms with Crippen LogP contribution in [0.5, 0.6) is 0 Å². The Balaban J connectivity index is 1.60. The van der Waals surface area contributed by atoms with Gasteiger partial charge < -0.3 is 4.42 Å². The van der Waals surface area contributed by atoms with Crippen molar-refractivity contribution in [3.63, 3.8) is 0 Å². The largest absolute Gasteiger partial charge is 0.462 e. The zero-order chi connectivity index (χ0) is 19.7. The summed E-state index contributed by atoms with van der Waals surface area (Å²) in [4.78, 5) is 0. The van der Waals surface area contributed by atoms with E-state index in [0.29, 0.717) is 25.8 Å².